The normalized spacial score (nSPS) is 11.8. The molecule has 0 saturated heterocycles. The second kappa shape index (κ2) is 8.89. The Morgan fingerprint density at radius 2 is 1.82 bits per heavy atom. The first kappa shape index (κ1) is 22.8. The minimum Gasteiger partial charge on any atom is -0.324 e. The van der Waals surface area contributed by atoms with Crippen LogP contribution in [0.1, 0.15) is 5.56 Å². The van der Waals surface area contributed by atoms with Gasteiger partial charge < -0.3 is 5.32 Å². The van der Waals surface area contributed by atoms with E-state index in [1.54, 1.807) is 25.1 Å². The predicted octanol–water partition coefficient (Wildman–Crippen LogP) is 3.32. The molecule has 10 heteroatoms. The average molecular weight is 483 g/mol. The van der Waals surface area contributed by atoms with E-state index in [4.69, 9.17) is 0 Å². The fraction of sp³-hybridized carbons (Fsp3) is 0.174. The number of carbonyl (C=O) groups excluding carboxylic acids is 1. The highest BCUT2D eigenvalue weighted by molar-refractivity contribution is 7.89. The standard InChI is InChI=1S/C23H22N4O4S2/c1-15-10-11-16(33(30,31)26(2)3)13-19(15)24-21(28)14-27-23(29)18-8-5-4-7-17(18)22(25-27)20-9-6-12-32-20/h4-13H,14H2,1-3H3,(H,24,28). The molecule has 0 aliphatic carbocycles. The van der Waals surface area contributed by atoms with Gasteiger partial charge in [0.15, 0.2) is 0 Å². The number of amides is 1. The zero-order chi connectivity index (χ0) is 23.8. The van der Waals surface area contributed by atoms with Gasteiger partial charge in [0.05, 0.1) is 15.2 Å². The molecule has 0 saturated carbocycles. The van der Waals surface area contributed by atoms with E-state index in [0.29, 0.717) is 22.3 Å². The number of hydrogen-bond acceptors (Lipinski definition) is 6. The van der Waals surface area contributed by atoms with Crippen molar-refractivity contribution in [2.24, 2.45) is 0 Å². The van der Waals surface area contributed by atoms with Crippen LogP contribution in [-0.2, 0) is 21.4 Å². The van der Waals surface area contributed by atoms with Crippen molar-refractivity contribution >= 4 is 43.7 Å². The minimum absolute atomic E-state index is 0.0642. The van der Waals surface area contributed by atoms with Crippen LogP contribution in [0.25, 0.3) is 21.3 Å². The van der Waals surface area contributed by atoms with Crippen LogP contribution in [0.2, 0.25) is 0 Å². The maximum atomic E-state index is 13.0. The van der Waals surface area contributed by atoms with Crippen molar-refractivity contribution in [3.05, 3.63) is 75.9 Å². The molecule has 0 radical (unpaired) electrons. The van der Waals surface area contributed by atoms with Crippen LogP contribution in [0.5, 0.6) is 0 Å². The molecular weight excluding hydrogens is 460 g/mol. The molecule has 0 unspecified atom stereocenters. The largest absolute Gasteiger partial charge is 0.324 e. The van der Waals surface area contributed by atoms with Crippen LogP contribution in [0, 0.1) is 6.92 Å². The van der Waals surface area contributed by atoms with Gasteiger partial charge in [-0.3, -0.25) is 9.59 Å². The Morgan fingerprint density at radius 1 is 1.09 bits per heavy atom. The smallest absolute Gasteiger partial charge is 0.275 e. The summed E-state index contributed by atoms with van der Waals surface area (Å²) in [6.07, 6.45) is 0. The molecule has 0 aliphatic rings. The average Bonchev–Trinajstić information content (AvgIpc) is 3.31. The Kier molecular flexibility index (Phi) is 6.15. The third-order valence-corrected chi connectivity index (χ3v) is 7.87. The first-order valence-corrected chi connectivity index (χ1v) is 12.4. The van der Waals surface area contributed by atoms with Crippen LogP contribution in [-0.4, -0.2) is 42.5 Å². The quantitative estimate of drug-likeness (QED) is 0.454. The van der Waals surface area contributed by atoms with Gasteiger partial charge in [0, 0.05) is 25.2 Å². The number of fused-ring (bicyclic) bond motifs is 1. The number of aromatic nitrogens is 2. The molecular formula is C23H22N4O4S2. The van der Waals surface area contributed by atoms with Crippen LogP contribution in [0.15, 0.2) is 69.7 Å². The zero-order valence-corrected chi connectivity index (χ0v) is 19.9. The Balaban J connectivity index is 1.69. The maximum Gasteiger partial charge on any atom is 0.275 e. The van der Waals surface area contributed by atoms with Crippen molar-refractivity contribution in [3.63, 3.8) is 0 Å². The van der Waals surface area contributed by atoms with E-state index in [1.807, 2.05) is 29.6 Å². The van der Waals surface area contributed by atoms with Gasteiger partial charge in [-0.1, -0.05) is 30.3 Å². The summed E-state index contributed by atoms with van der Waals surface area (Å²) in [7, 11) is -0.775. The van der Waals surface area contributed by atoms with Gasteiger partial charge in [0.2, 0.25) is 15.9 Å². The van der Waals surface area contributed by atoms with E-state index in [0.717, 1.165) is 19.3 Å². The Labute approximate surface area is 195 Å². The SMILES string of the molecule is Cc1ccc(S(=O)(=O)N(C)C)cc1NC(=O)Cn1nc(-c2cccs2)c2ccccc2c1=O. The Bertz CT molecular complexity index is 1510. The summed E-state index contributed by atoms with van der Waals surface area (Å²) >= 11 is 1.50. The molecule has 2 aromatic heterocycles. The summed E-state index contributed by atoms with van der Waals surface area (Å²) in [6, 6.07) is 15.5. The molecule has 1 N–H and O–H groups in total. The number of nitrogens with one attached hydrogen (secondary N) is 1. The molecule has 170 valence electrons. The van der Waals surface area contributed by atoms with Crippen molar-refractivity contribution in [3.8, 4) is 10.6 Å². The Hall–Kier alpha value is -3.34. The van der Waals surface area contributed by atoms with Crippen LogP contribution < -0.4 is 10.9 Å². The molecule has 0 bridgehead atoms. The number of thiophene rings is 1. The third kappa shape index (κ3) is 4.45. The van der Waals surface area contributed by atoms with Gasteiger partial charge in [0.1, 0.15) is 12.2 Å². The fourth-order valence-corrected chi connectivity index (χ4v) is 5.02. The lowest BCUT2D eigenvalue weighted by molar-refractivity contribution is -0.117. The van der Waals surface area contributed by atoms with E-state index in [2.05, 4.69) is 10.4 Å². The van der Waals surface area contributed by atoms with Crippen LogP contribution >= 0.6 is 11.3 Å². The molecule has 8 nitrogen and oxygen atoms in total. The van der Waals surface area contributed by atoms with Gasteiger partial charge in [-0.25, -0.2) is 17.4 Å². The van der Waals surface area contributed by atoms with Gasteiger partial charge in [-0.05, 0) is 42.1 Å². The lowest BCUT2D eigenvalue weighted by Crippen LogP contribution is -2.30. The van der Waals surface area contributed by atoms with Gasteiger partial charge in [-0.15, -0.1) is 11.3 Å². The van der Waals surface area contributed by atoms with Crippen molar-refractivity contribution in [1.29, 1.82) is 0 Å². The van der Waals surface area contributed by atoms with E-state index < -0.39 is 15.9 Å². The first-order chi connectivity index (χ1) is 15.7. The third-order valence-electron chi connectivity index (χ3n) is 5.18. The number of nitrogens with zero attached hydrogens (tertiary/aromatic N) is 3. The summed E-state index contributed by atoms with van der Waals surface area (Å²) in [5.41, 5.74) is 1.30. The summed E-state index contributed by atoms with van der Waals surface area (Å²) in [4.78, 5) is 26.8. The van der Waals surface area contributed by atoms with E-state index in [1.165, 1.54) is 37.6 Å². The van der Waals surface area contributed by atoms with Crippen molar-refractivity contribution in [2.45, 2.75) is 18.4 Å². The molecule has 2 heterocycles. The topological polar surface area (TPSA) is 101 Å². The predicted molar refractivity (Wildman–Crippen MR) is 130 cm³/mol. The van der Waals surface area contributed by atoms with Crippen LogP contribution in [0.4, 0.5) is 5.69 Å². The first-order valence-electron chi connectivity index (χ1n) is 10.1. The summed E-state index contributed by atoms with van der Waals surface area (Å²) < 4.78 is 27.1. The molecule has 33 heavy (non-hydrogen) atoms. The van der Waals surface area contributed by atoms with Gasteiger partial charge in [-0.2, -0.15) is 5.10 Å². The number of sulfonamides is 1. The number of aryl methyl sites for hydroxylation is 1. The molecule has 0 fully saturated rings. The van der Waals surface area contributed by atoms with E-state index in [9.17, 15) is 18.0 Å². The molecule has 4 aromatic rings. The molecule has 0 aliphatic heterocycles. The van der Waals surface area contributed by atoms with E-state index in [-0.39, 0.29) is 17.0 Å². The molecule has 0 spiro atoms. The van der Waals surface area contributed by atoms with Crippen molar-refractivity contribution in [2.75, 3.05) is 19.4 Å². The minimum atomic E-state index is -3.66. The molecule has 0 atom stereocenters. The van der Waals surface area contributed by atoms with Crippen LogP contribution in [0.3, 0.4) is 0 Å². The number of benzene rings is 2. The lowest BCUT2D eigenvalue weighted by atomic mass is 10.1. The maximum absolute atomic E-state index is 13.0. The molecule has 2 aromatic carbocycles. The Morgan fingerprint density at radius 3 is 2.48 bits per heavy atom. The van der Waals surface area contributed by atoms with Crippen molar-refractivity contribution < 1.29 is 13.2 Å². The monoisotopic (exact) mass is 482 g/mol. The van der Waals surface area contributed by atoms with E-state index >= 15 is 0 Å². The second-order valence-corrected chi connectivity index (χ2v) is 10.7. The number of hydrogen-bond donors (Lipinski definition) is 1. The highest BCUT2D eigenvalue weighted by Gasteiger charge is 2.19. The molecule has 4 rings (SSSR count). The lowest BCUT2D eigenvalue weighted by Gasteiger charge is -2.15. The second-order valence-electron chi connectivity index (χ2n) is 7.65. The zero-order valence-electron chi connectivity index (χ0n) is 18.3. The summed E-state index contributed by atoms with van der Waals surface area (Å²) in [6.45, 7) is 1.45. The van der Waals surface area contributed by atoms with Gasteiger partial charge in [0.25, 0.3) is 5.56 Å². The highest BCUT2D eigenvalue weighted by Crippen LogP contribution is 2.28. The highest BCUT2D eigenvalue weighted by atomic mass is 32.2. The van der Waals surface area contributed by atoms with Crippen molar-refractivity contribution in [1.82, 2.24) is 14.1 Å². The summed E-state index contributed by atoms with van der Waals surface area (Å²) in [5.74, 6) is -0.487. The number of rotatable bonds is 6. The number of anilines is 1. The fourth-order valence-electron chi connectivity index (χ4n) is 3.37. The number of carbonyl (C=O) groups is 1. The molecule has 1 amide bonds. The summed E-state index contributed by atoms with van der Waals surface area (Å²) in [5, 5.41) is 10.3. The van der Waals surface area contributed by atoms with Gasteiger partial charge >= 0.3 is 0 Å².